The summed E-state index contributed by atoms with van der Waals surface area (Å²) in [4.78, 5) is 12.8. The summed E-state index contributed by atoms with van der Waals surface area (Å²) in [6.07, 6.45) is 0. The van der Waals surface area contributed by atoms with E-state index in [0.29, 0.717) is 51.7 Å². The largest absolute Gasteiger partial charge is 0.458 e. The second-order valence-corrected chi connectivity index (χ2v) is 26.4. The van der Waals surface area contributed by atoms with Crippen LogP contribution in [0.2, 0.25) is 0 Å². The van der Waals surface area contributed by atoms with E-state index < -0.39 is 0 Å². The molecule has 2 N–H and O–H groups in total. The van der Waals surface area contributed by atoms with Crippen molar-refractivity contribution in [3.63, 3.8) is 0 Å². The third-order valence-electron chi connectivity index (χ3n) is 20.1. The lowest BCUT2D eigenvalue weighted by Gasteiger charge is -2.46. The van der Waals surface area contributed by atoms with E-state index >= 15 is 0 Å². The summed E-state index contributed by atoms with van der Waals surface area (Å²) in [5.74, 6) is 9.72. The second kappa shape index (κ2) is 20.3. The number of aromatic amines is 2. The Morgan fingerprint density at radius 1 is 0.302 bits per heavy atom. The van der Waals surface area contributed by atoms with Gasteiger partial charge >= 0.3 is 0 Å². The van der Waals surface area contributed by atoms with Crippen LogP contribution < -0.4 is 92.4 Å². The van der Waals surface area contributed by atoms with Gasteiger partial charge in [-0.2, -0.15) is 0 Å². The molecule has 6 aliphatic heterocycles. The molecular formula is C82H57B3N4O7. The van der Waals surface area contributed by atoms with Crippen molar-refractivity contribution in [3.8, 4) is 80.5 Å². The summed E-state index contributed by atoms with van der Waals surface area (Å²) in [6.45, 7) is 12.2. The number of para-hydroxylation sites is 5. The van der Waals surface area contributed by atoms with Crippen molar-refractivity contribution in [2.45, 2.75) is 41.5 Å². The molecule has 0 radical (unpaired) electrons. The first kappa shape index (κ1) is 54.6. The van der Waals surface area contributed by atoms with Crippen molar-refractivity contribution in [1.29, 1.82) is 0 Å². The molecule has 12 aromatic carbocycles. The molecule has 6 aliphatic rings. The normalized spacial score (nSPS) is 13.5. The molecule has 0 spiro atoms. The Morgan fingerprint density at radius 3 is 1.05 bits per heavy atom. The highest BCUT2D eigenvalue weighted by atomic mass is 16.5. The molecule has 0 bridgehead atoms. The van der Waals surface area contributed by atoms with Gasteiger partial charge in [-0.1, -0.05) is 126 Å². The molecule has 0 saturated heterocycles. The van der Waals surface area contributed by atoms with Gasteiger partial charge in [-0.3, -0.25) is 0 Å². The fourth-order valence-electron chi connectivity index (χ4n) is 16.6. The van der Waals surface area contributed by atoms with Gasteiger partial charge in [0.25, 0.3) is 20.1 Å². The molecule has 0 saturated carbocycles. The number of aryl methyl sites for hydroxylation is 6. The smallest absolute Gasteiger partial charge is 0.280 e. The van der Waals surface area contributed by atoms with Crippen LogP contribution in [-0.2, 0) is 0 Å². The SMILES string of the molecule is Cc1cc(C)c(N2c3cc4c(cc3B3c5cc6c(cc5N(c5c(C)cc(C)cc5C)c5cc(Oc7ccccc7)cc2c53)Oc2cc(Oc3ccccc3)cc3c2B6c2[nH]c5ccccc5c2O3)B2c3[nH]c5ccccc5c3Oc3cc(Oc5ccccc5)cc(c32)O4)c(C)c1. The number of aromatic nitrogens is 2. The maximum Gasteiger partial charge on any atom is 0.280 e. The molecule has 96 heavy (non-hydrogen) atoms. The quantitative estimate of drug-likeness (QED) is 0.144. The Labute approximate surface area is 555 Å². The van der Waals surface area contributed by atoms with Crippen LogP contribution in [0, 0.1) is 41.5 Å². The molecule has 20 rings (SSSR count). The van der Waals surface area contributed by atoms with Crippen LogP contribution in [0.3, 0.4) is 0 Å². The zero-order valence-electron chi connectivity index (χ0n) is 53.3. The zero-order valence-corrected chi connectivity index (χ0v) is 53.3. The number of benzene rings is 12. The van der Waals surface area contributed by atoms with E-state index in [2.05, 4.69) is 171 Å². The first-order valence-electron chi connectivity index (χ1n) is 32.8. The highest BCUT2D eigenvalue weighted by Gasteiger charge is 2.51. The van der Waals surface area contributed by atoms with E-state index in [1.54, 1.807) is 0 Å². The first-order valence-corrected chi connectivity index (χ1v) is 32.8. The van der Waals surface area contributed by atoms with Gasteiger partial charge in [-0.15, -0.1) is 0 Å². The Morgan fingerprint density at radius 2 is 0.656 bits per heavy atom. The lowest BCUT2D eigenvalue weighted by atomic mass is 9.30. The van der Waals surface area contributed by atoms with Crippen LogP contribution in [0.5, 0.6) is 80.5 Å². The highest BCUT2D eigenvalue weighted by molar-refractivity contribution is 7.03. The Balaban J connectivity index is 0.890. The van der Waals surface area contributed by atoms with E-state index in [1.807, 2.05) is 115 Å². The van der Waals surface area contributed by atoms with Crippen molar-refractivity contribution in [1.82, 2.24) is 9.97 Å². The molecule has 14 heteroatoms. The monoisotopic (exact) mass is 1240 g/mol. The van der Waals surface area contributed by atoms with Crippen molar-refractivity contribution >= 4 is 125 Å². The van der Waals surface area contributed by atoms with Crippen LogP contribution in [0.4, 0.5) is 34.1 Å². The fraction of sp³-hybridized carbons (Fsp3) is 0.0732. The molecule has 0 atom stereocenters. The molecule has 0 unspecified atom stereocenters. The van der Waals surface area contributed by atoms with E-state index in [-0.39, 0.29) is 20.1 Å². The van der Waals surface area contributed by atoms with Crippen LogP contribution in [0.15, 0.2) is 224 Å². The molecule has 0 aliphatic carbocycles. The topological polar surface area (TPSA) is 103 Å². The van der Waals surface area contributed by atoms with E-state index in [9.17, 15) is 0 Å². The minimum atomic E-state index is -0.389. The van der Waals surface area contributed by atoms with Gasteiger partial charge in [0.05, 0.1) is 11.4 Å². The fourth-order valence-corrected chi connectivity index (χ4v) is 16.6. The molecule has 14 aromatic rings. The Bertz CT molecular complexity index is 5340. The molecule has 8 heterocycles. The zero-order chi connectivity index (χ0) is 63.9. The first-order chi connectivity index (χ1) is 47.0. The Hall–Kier alpha value is -11.9. The van der Waals surface area contributed by atoms with Crippen LogP contribution in [-0.4, -0.2) is 30.1 Å². The van der Waals surface area contributed by atoms with E-state index in [1.165, 1.54) is 11.1 Å². The number of hydrogen-bond acceptors (Lipinski definition) is 9. The summed E-state index contributed by atoms with van der Waals surface area (Å²) < 4.78 is 49.7. The Kier molecular flexibility index (Phi) is 11.6. The van der Waals surface area contributed by atoms with Crippen molar-refractivity contribution in [2.75, 3.05) is 9.80 Å². The van der Waals surface area contributed by atoms with Gasteiger partial charge in [0.15, 0.2) is 0 Å². The van der Waals surface area contributed by atoms with Crippen LogP contribution >= 0.6 is 0 Å². The molecule has 0 amide bonds. The summed E-state index contributed by atoms with van der Waals surface area (Å²) in [6, 6.07) is 77.9. The minimum absolute atomic E-state index is 0.340. The number of nitrogens with zero attached hydrogens (tertiary/aromatic N) is 2. The number of hydrogen-bond donors (Lipinski definition) is 2. The molecule has 0 fully saturated rings. The number of anilines is 6. The number of fused-ring (bicyclic) bond motifs is 16. The van der Waals surface area contributed by atoms with Crippen molar-refractivity contribution in [2.24, 2.45) is 0 Å². The third-order valence-corrected chi connectivity index (χ3v) is 20.1. The molecule has 456 valence electrons. The van der Waals surface area contributed by atoms with Crippen LogP contribution in [0.1, 0.15) is 33.4 Å². The summed E-state index contributed by atoms with van der Waals surface area (Å²) in [7, 11) is 0. The maximum atomic E-state index is 7.48. The maximum absolute atomic E-state index is 7.48. The molecule has 11 nitrogen and oxygen atoms in total. The number of rotatable bonds is 8. The van der Waals surface area contributed by atoms with Crippen LogP contribution in [0.25, 0.3) is 21.8 Å². The highest BCUT2D eigenvalue weighted by Crippen LogP contribution is 2.52. The summed E-state index contributed by atoms with van der Waals surface area (Å²) in [5.41, 5.74) is 24.1. The van der Waals surface area contributed by atoms with Gasteiger partial charge in [0, 0.05) is 115 Å². The standard InChI is InChI=1S/C82H57B3N4O7/c1-44-30-46(3)77(47(4)31-44)88-64-42-68-60(84-75-70(93-68)36-54(91-51-22-12-8-13-23-51)38-72(75)95-79-56-26-16-18-28-62(56)86-81(79)84)40-58(64)83-59-41-61-69(43-65(59)89(78-48(5)32-45(2)33-49(78)6)67-35-53(34-66(88)74(67)83)90-50-20-10-7-11-21-50)94-71-37-55(92-52-24-14-9-15-25-52)39-73-76(71)85(61)82-80(96-73)57-27-17-19-29-63(57)87-82/h7-43,86-87H,1-6H3. The van der Waals surface area contributed by atoms with E-state index in [4.69, 9.17) is 33.2 Å². The summed E-state index contributed by atoms with van der Waals surface area (Å²) in [5, 5.41) is 1.99. The average molecular weight is 1240 g/mol. The average Bonchev–Trinajstić information content (AvgIpc) is 0.917. The molecule has 2 aromatic heterocycles. The van der Waals surface area contributed by atoms with Gasteiger partial charge in [0.2, 0.25) is 0 Å². The van der Waals surface area contributed by atoms with Gasteiger partial charge in [-0.25, -0.2) is 0 Å². The van der Waals surface area contributed by atoms with E-state index in [0.717, 1.165) is 156 Å². The van der Waals surface area contributed by atoms with Crippen molar-refractivity contribution < 1.29 is 33.2 Å². The number of H-pyrrole nitrogens is 2. The lowest BCUT2D eigenvalue weighted by molar-refractivity contribution is 0.443. The lowest BCUT2D eigenvalue weighted by Crippen LogP contribution is -2.65. The third kappa shape index (κ3) is 8.11. The van der Waals surface area contributed by atoms with Gasteiger partial charge in [-0.05, 0) is 152 Å². The molecular weight excluding hydrogens is 1190 g/mol. The second-order valence-electron chi connectivity index (χ2n) is 26.4. The number of nitrogens with one attached hydrogen (secondary N) is 2. The van der Waals surface area contributed by atoms with Gasteiger partial charge < -0.3 is 52.9 Å². The number of ether oxygens (including phenoxy) is 7. The predicted octanol–water partition coefficient (Wildman–Crippen LogP) is 15.4. The summed E-state index contributed by atoms with van der Waals surface area (Å²) >= 11 is 0. The predicted molar refractivity (Wildman–Crippen MR) is 388 cm³/mol. The van der Waals surface area contributed by atoms with Gasteiger partial charge in [0.1, 0.15) is 80.5 Å². The minimum Gasteiger partial charge on any atom is -0.458 e. The van der Waals surface area contributed by atoms with Crippen molar-refractivity contribution in [3.05, 3.63) is 258 Å².